The lowest BCUT2D eigenvalue weighted by molar-refractivity contribution is -0.120. The second kappa shape index (κ2) is 9.98. The number of methoxy groups -OCH3 is 1. The van der Waals surface area contributed by atoms with Gasteiger partial charge >= 0.3 is 0 Å². The fourth-order valence-electron chi connectivity index (χ4n) is 2.99. The number of nitrogens with zero attached hydrogens (tertiary/aromatic N) is 1. The number of carbonyl (C=O) groups excluding carboxylic acids is 1. The van der Waals surface area contributed by atoms with Gasteiger partial charge in [0.2, 0.25) is 15.9 Å². The maximum atomic E-state index is 12.8. The summed E-state index contributed by atoms with van der Waals surface area (Å²) in [5, 5.41) is 3.37. The van der Waals surface area contributed by atoms with Gasteiger partial charge in [0.15, 0.2) is 0 Å². The Balaban J connectivity index is 2.22. The van der Waals surface area contributed by atoms with E-state index in [2.05, 4.69) is 19.2 Å². The molecule has 0 aliphatic carbocycles. The Bertz CT molecular complexity index is 930. The summed E-state index contributed by atoms with van der Waals surface area (Å²) in [5.41, 5.74) is 1.28. The first kappa shape index (κ1) is 23.0. The largest absolute Gasteiger partial charge is 0.497 e. The minimum Gasteiger partial charge on any atom is -0.497 e. The Morgan fingerprint density at radius 1 is 1.17 bits per heavy atom. The zero-order valence-electron chi connectivity index (χ0n) is 17.1. The first-order chi connectivity index (χ1) is 13.6. The Hall–Kier alpha value is -2.25. The summed E-state index contributed by atoms with van der Waals surface area (Å²) in [6.07, 6.45) is 1.78. The van der Waals surface area contributed by atoms with E-state index in [1.165, 1.54) is 6.07 Å². The number of ether oxygens (including phenoxy) is 1. The molecule has 2 rings (SSSR count). The molecule has 0 heterocycles. The monoisotopic (exact) mass is 438 g/mol. The van der Waals surface area contributed by atoms with Crippen molar-refractivity contribution in [2.24, 2.45) is 5.92 Å². The third kappa shape index (κ3) is 6.94. The Labute approximate surface area is 177 Å². The molecule has 0 aliphatic rings. The highest BCUT2D eigenvalue weighted by atomic mass is 35.5. The maximum Gasteiger partial charge on any atom is 0.241 e. The number of anilines is 1. The molecule has 8 heteroatoms. The number of benzene rings is 2. The average molecular weight is 439 g/mol. The van der Waals surface area contributed by atoms with Crippen LogP contribution >= 0.6 is 11.6 Å². The van der Waals surface area contributed by atoms with Crippen molar-refractivity contribution in [1.29, 1.82) is 0 Å². The summed E-state index contributed by atoms with van der Waals surface area (Å²) < 4.78 is 30.8. The van der Waals surface area contributed by atoms with Crippen LogP contribution in [-0.2, 0) is 14.8 Å². The topological polar surface area (TPSA) is 75.7 Å². The van der Waals surface area contributed by atoms with Gasteiger partial charge in [-0.1, -0.05) is 43.6 Å². The van der Waals surface area contributed by atoms with Crippen molar-refractivity contribution < 1.29 is 17.9 Å². The molecule has 0 fully saturated rings. The van der Waals surface area contributed by atoms with Crippen LogP contribution in [0.3, 0.4) is 0 Å². The van der Waals surface area contributed by atoms with Crippen LogP contribution in [0.1, 0.15) is 31.9 Å². The molecule has 0 unspecified atom stereocenters. The number of carbonyl (C=O) groups is 1. The molecule has 0 saturated heterocycles. The Kier molecular flexibility index (Phi) is 7.93. The summed E-state index contributed by atoms with van der Waals surface area (Å²) >= 11 is 5.99. The fourth-order valence-corrected chi connectivity index (χ4v) is 4.02. The van der Waals surface area contributed by atoms with Gasteiger partial charge in [-0.05, 0) is 48.2 Å². The van der Waals surface area contributed by atoms with Crippen molar-refractivity contribution in [3.63, 3.8) is 0 Å². The molecule has 0 aliphatic heterocycles. The van der Waals surface area contributed by atoms with Gasteiger partial charge in [-0.25, -0.2) is 8.42 Å². The highest BCUT2D eigenvalue weighted by molar-refractivity contribution is 7.92. The fraction of sp³-hybridized carbons (Fsp3) is 0.381. The summed E-state index contributed by atoms with van der Waals surface area (Å²) in [5.74, 6) is 0.672. The van der Waals surface area contributed by atoms with Crippen LogP contribution in [0.5, 0.6) is 5.75 Å². The van der Waals surface area contributed by atoms with Gasteiger partial charge < -0.3 is 10.1 Å². The van der Waals surface area contributed by atoms with Crippen LogP contribution in [-0.4, -0.2) is 34.2 Å². The van der Waals surface area contributed by atoms with Crippen molar-refractivity contribution in [2.45, 2.75) is 26.3 Å². The molecule has 2 aromatic rings. The van der Waals surface area contributed by atoms with E-state index in [9.17, 15) is 13.2 Å². The van der Waals surface area contributed by atoms with E-state index < -0.39 is 15.9 Å². The van der Waals surface area contributed by atoms with Gasteiger partial charge in [-0.2, -0.15) is 0 Å². The molecule has 6 nitrogen and oxygen atoms in total. The lowest BCUT2D eigenvalue weighted by Gasteiger charge is -2.25. The minimum atomic E-state index is -3.66. The first-order valence-electron chi connectivity index (χ1n) is 9.26. The Morgan fingerprint density at radius 3 is 2.34 bits per heavy atom. The van der Waals surface area contributed by atoms with Crippen molar-refractivity contribution in [3.8, 4) is 5.75 Å². The van der Waals surface area contributed by atoms with Crippen molar-refractivity contribution in [3.05, 3.63) is 59.1 Å². The van der Waals surface area contributed by atoms with Crippen LogP contribution < -0.4 is 14.4 Å². The molecule has 0 aromatic heterocycles. The van der Waals surface area contributed by atoms with Gasteiger partial charge in [0, 0.05) is 5.02 Å². The van der Waals surface area contributed by atoms with Gasteiger partial charge in [0.05, 0.1) is 25.1 Å². The number of hydrogen-bond donors (Lipinski definition) is 1. The SMILES string of the molecule is COc1ccc([C@@H](CC(C)C)NC(=O)CN(c2cccc(Cl)c2)S(C)(=O)=O)cc1. The Morgan fingerprint density at radius 2 is 1.83 bits per heavy atom. The third-order valence-electron chi connectivity index (χ3n) is 4.34. The second-order valence-electron chi connectivity index (χ2n) is 7.27. The van der Waals surface area contributed by atoms with Crippen molar-refractivity contribution >= 4 is 33.2 Å². The predicted octanol–water partition coefficient (Wildman–Crippen LogP) is 4.02. The second-order valence-corrected chi connectivity index (χ2v) is 9.62. The van der Waals surface area contributed by atoms with Gasteiger partial charge in [0.1, 0.15) is 12.3 Å². The quantitative estimate of drug-likeness (QED) is 0.641. The van der Waals surface area contributed by atoms with Crippen LogP contribution in [0, 0.1) is 5.92 Å². The van der Waals surface area contributed by atoms with E-state index in [-0.39, 0.29) is 12.6 Å². The number of amides is 1. The lowest BCUT2D eigenvalue weighted by atomic mass is 9.97. The summed E-state index contributed by atoms with van der Waals surface area (Å²) in [6, 6.07) is 13.7. The van der Waals surface area contributed by atoms with Crippen LogP contribution in [0.2, 0.25) is 5.02 Å². The summed E-state index contributed by atoms with van der Waals surface area (Å²) in [6.45, 7) is 3.80. The highest BCUT2D eigenvalue weighted by Crippen LogP contribution is 2.25. The van der Waals surface area contributed by atoms with Gasteiger partial charge in [-0.3, -0.25) is 9.10 Å². The highest BCUT2D eigenvalue weighted by Gasteiger charge is 2.23. The lowest BCUT2D eigenvalue weighted by Crippen LogP contribution is -2.41. The van der Waals surface area contributed by atoms with Crippen LogP contribution in [0.25, 0.3) is 0 Å². The van der Waals surface area contributed by atoms with E-state index >= 15 is 0 Å². The first-order valence-corrected chi connectivity index (χ1v) is 11.5. The van der Waals surface area contributed by atoms with E-state index in [1.54, 1.807) is 25.3 Å². The zero-order chi connectivity index (χ0) is 21.6. The molecule has 29 heavy (non-hydrogen) atoms. The number of hydrogen-bond acceptors (Lipinski definition) is 4. The summed E-state index contributed by atoms with van der Waals surface area (Å²) in [7, 11) is -2.07. The zero-order valence-corrected chi connectivity index (χ0v) is 18.6. The molecule has 0 radical (unpaired) electrons. The van der Waals surface area contributed by atoms with E-state index in [0.29, 0.717) is 23.0 Å². The number of halogens is 1. The normalized spacial score (nSPS) is 12.5. The number of nitrogens with one attached hydrogen (secondary N) is 1. The van der Waals surface area contributed by atoms with Crippen molar-refractivity contribution in [1.82, 2.24) is 5.32 Å². The molecule has 2 aromatic carbocycles. The number of sulfonamides is 1. The molecule has 0 spiro atoms. The summed E-state index contributed by atoms with van der Waals surface area (Å²) in [4.78, 5) is 12.8. The van der Waals surface area contributed by atoms with E-state index in [4.69, 9.17) is 16.3 Å². The number of rotatable bonds is 9. The molecule has 0 bridgehead atoms. The van der Waals surface area contributed by atoms with E-state index in [1.807, 2.05) is 24.3 Å². The van der Waals surface area contributed by atoms with Gasteiger partial charge in [0.25, 0.3) is 0 Å². The molecule has 1 amide bonds. The van der Waals surface area contributed by atoms with Gasteiger partial charge in [-0.15, -0.1) is 0 Å². The van der Waals surface area contributed by atoms with Crippen LogP contribution in [0.15, 0.2) is 48.5 Å². The smallest absolute Gasteiger partial charge is 0.241 e. The van der Waals surface area contributed by atoms with Crippen molar-refractivity contribution in [2.75, 3.05) is 24.2 Å². The predicted molar refractivity (Wildman–Crippen MR) is 117 cm³/mol. The molecule has 158 valence electrons. The van der Waals surface area contributed by atoms with E-state index in [0.717, 1.165) is 21.9 Å². The molecule has 0 saturated carbocycles. The third-order valence-corrected chi connectivity index (χ3v) is 5.72. The van der Waals surface area contributed by atoms with Crippen LogP contribution in [0.4, 0.5) is 5.69 Å². The molecular formula is C21H27ClN2O4S. The average Bonchev–Trinajstić information content (AvgIpc) is 2.64. The standard InChI is InChI=1S/C21H27ClN2O4S/c1-15(2)12-20(16-8-10-19(28-3)11-9-16)23-21(25)14-24(29(4,26)27)18-7-5-6-17(22)13-18/h5-11,13,15,20H,12,14H2,1-4H3,(H,23,25)/t20-/m1/s1. The minimum absolute atomic E-state index is 0.242. The molecular weight excluding hydrogens is 412 g/mol. The molecule has 1 N–H and O–H groups in total. The molecule has 1 atom stereocenters. The maximum absolute atomic E-state index is 12.8.